The van der Waals surface area contributed by atoms with Crippen LogP contribution in [-0.4, -0.2) is 23.7 Å². The zero-order chi connectivity index (χ0) is 29.3. The SMILES string of the molecule is C/C(=C/C(=O)c1ccccc1-c1ccccc1)NC1CCCCC1N/C(C)=C\C(=O)c1ccccc1-c1ccccc1. The Kier molecular flexibility index (Phi) is 9.45. The Balaban J connectivity index is 1.28. The van der Waals surface area contributed by atoms with Crippen LogP contribution in [0.2, 0.25) is 0 Å². The summed E-state index contributed by atoms with van der Waals surface area (Å²) in [5.74, 6) is -0.0305. The maximum absolute atomic E-state index is 13.4. The highest BCUT2D eigenvalue weighted by Gasteiger charge is 2.25. The van der Waals surface area contributed by atoms with Gasteiger partial charge in [0, 0.05) is 46.8 Å². The summed E-state index contributed by atoms with van der Waals surface area (Å²) in [6.45, 7) is 3.92. The van der Waals surface area contributed by atoms with Crippen LogP contribution >= 0.6 is 0 Å². The molecule has 1 saturated carbocycles. The van der Waals surface area contributed by atoms with Crippen molar-refractivity contribution >= 4 is 11.6 Å². The quantitative estimate of drug-likeness (QED) is 0.153. The lowest BCUT2D eigenvalue weighted by Gasteiger charge is -2.34. The third-order valence-corrected chi connectivity index (χ3v) is 7.84. The van der Waals surface area contributed by atoms with Crippen molar-refractivity contribution < 1.29 is 9.59 Å². The Morgan fingerprint density at radius 3 is 1.31 bits per heavy atom. The highest BCUT2D eigenvalue weighted by Crippen LogP contribution is 2.26. The van der Waals surface area contributed by atoms with E-state index in [1.54, 1.807) is 12.2 Å². The molecule has 0 spiro atoms. The number of carbonyl (C=O) groups excluding carboxylic acids is 2. The second-order valence-electron chi connectivity index (χ2n) is 11.0. The van der Waals surface area contributed by atoms with Crippen molar-refractivity contribution in [1.82, 2.24) is 10.6 Å². The van der Waals surface area contributed by atoms with Crippen molar-refractivity contribution in [2.24, 2.45) is 0 Å². The van der Waals surface area contributed by atoms with E-state index in [0.29, 0.717) is 11.1 Å². The number of carbonyl (C=O) groups is 2. The van der Waals surface area contributed by atoms with E-state index in [9.17, 15) is 9.59 Å². The van der Waals surface area contributed by atoms with Crippen LogP contribution in [0.5, 0.6) is 0 Å². The fraction of sp³-hybridized carbons (Fsp3) is 0.211. The smallest absolute Gasteiger partial charge is 0.188 e. The summed E-state index contributed by atoms with van der Waals surface area (Å²) in [5.41, 5.74) is 6.99. The van der Waals surface area contributed by atoms with Crippen LogP contribution in [0.3, 0.4) is 0 Å². The predicted octanol–water partition coefficient (Wildman–Crippen LogP) is 8.38. The van der Waals surface area contributed by atoms with Crippen molar-refractivity contribution in [1.29, 1.82) is 0 Å². The second-order valence-corrected chi connectivity index (χ2v) is 11.0. The van der Waals surface area contributed by atoms with E-state index in [1.165, 1.54) is 0 Å². The molecule has 2 atom stereocenters. The van der Waals surface area contributed by atoms with Gasteiger partial charge in [-0.1, -0.05) is 122 Å². The average molecular weight is 555 g/mol. The van der Waals surface area contributed by atoms with Crippen molar-refractivity contribution in [2.45, 2.75) is 51.6 Å². The minimum absolute atomic E-state index is 0.0153. The third kappa shape index (κ3) is 7.13. The molecule has 2 unspecified atom stereocenters. The minimum Gasteiger partial charge on any atom is -0.384 e. The maximum atomic E-state index is 13.4. The normalized spacial score (nSPS) is 17.4. The van der Waals surface area contributed by atoms with E-state index in [0.717, 1.165) is 59.3 Å². The zero-order valence-corrected chi connectivity index (χ0v) is 24.3. The van der Waals surface area contributed by atoms with Crippen LogP contribution in [0, 0.1) is 0 Å². The molecule has 0 aromatic heterocycles. The average Bonchev–Trinajstić information content (AvgIpc) is 3.02. The fourth-order valence-corrected chi connectivity index (χ4v) is 5.83. The summed E-state index contributed by atoms with van der Waals surface area (Å²) in [5, 5.41) is 7.23. The molecule has 0 aliphatic heterocycles. The summed E-state index contributed by atoms with van der Waals surface area (Å²) in [6.07, 6.45) is 7.66. The van der Waals surface area contributed by atoms with Crippen molar-refractivity contribution in [2.75, 3.05) is 0 Å². The van der Waals surface area contributed by atoms with Gasteiger partial charge < -0.3 is 10.6 Å². The van der Waals surface area contributed by atoms with Gasteiger partial charge in [-0.2, -0.15) is 0 Å². The van der Waals surface area contributed by atoms with Gasteiger partial charge in [-0.15, -0.1) is 0 Å². The summed E-state index contributed by atoms with van der Waals surface area (Å²) in [4.78, 5) is 26.7. The largest absolute Gasteiger partial charge is 0.384 e. The zero-order valence-electron chi connectivity index (χ0n) is 24.3. The number of benzene rings is 4. The molecule has 4 heteroatoms. The molecular weight excluding hydrogens is 516 g/mol. The Hall–Kier alpha value is -4.70. The fourth-order valence-electron chi connectivity index (χ4n) is 5.83. The summed E-state index contributed by atoms with van der Waals surface area (Å²) < 4.78 is 0. The van der Waals surface area contributed by atoms with Crippen molar-refractivity contribution in [3.05, 3.63) is 144 Å². The van der Waals surface area contributed by atoms with Gasteiger partial charge in [0.25, 0.3) is 0 Å². The van der Waals surface area contributed by atoms with Crippen molar-refractivity contribution in [3.8, 4) is 22.3 Å². The van der Waals surface area contributed by atoms with Crippen molar-refractivity contribution in [3.63, 3.8) is 0 Å². The number of ketones is 2. The summed E-state index contributed by atoms with van der Waals surface area (Å²) >= 11 is 0. The Labute approximate surface area is 249 Å². The second kappa shape index (κ2) is 13.8. The van der Waals surface area contributed by atoms with Gasteiger partial charge in [0.2, 0.25) is 0 Å². The molecule has 0 amide bonds. The first-order valence-electron chi connectivity index (χ1n) is 14.8. The first kappa shape index (κ1) is 28.8. The van der Waals surface area contributed by atoms with E-state index in [2.05, 4.69) is 10.6 Å². The highest BCUT2D eigenvalue weighted by molar-refractivity contribution is 6.10. The topological polar surface area (TPSA) is 58.2 Å². The molecule has 0 radical (unpaired) electrons. The molecule has 2 N–H and O–H groups in total. The van der Waals surface area contributed by atoms with E-state index >= 15 is 0 Å². The standard InChI is InChI=1S/C38H38N2O2/c1-27(25-37(41)33-21-11-9-19-31(33)29-15-5-3-6-16-29)39-35-23-13-14-24-36(35)40-28(2)26-38(42)34-22-12-10-20-32(34)30-17-7-4-8-18-30/h3-12,15-22,25-26,35-36,39-40H,13-14,23-24H2,1-2H3/b27-25-,28-26-. The molecule has 1 aliphatic carbocycles. The van der Waals surface area contributed by atoms with Gasteiger partial charge in [-0.25, -0.2) is 0 Å². The van der Waals surface area contributed by atoms with E-state index < -0.39 is 0 Å². The number of nitrogens with one attached hydrogen (secondary N) is 2. The minimum atomic E-state index is -0.0153. The van der Waals surface area contributed by atoms with Gasteiger partial charge in [0.05, 0.1) is 0 Å². The molecule has 4 aromatic carbocycles. The number of hydrogen-bond donors (Lipinski definition) is 2. The van der Waals surface area contributed by atoms with Crippen LogP contribution in [0.15, 0.2) is 133 Å². The van der Waals surface area contributed by atoms with Gasteiger partial charge in [0.15, 0.2) is 11.6 Å². The molecule has 0 bridgehead atoms. The lowest BCUT2D eigenvalue weighted by atomic mass is 9.89. The van der Waals surface area contributed by atoms with Gasteiger partial charge in [0.1, 0.15) is 0 Å². The lowest BCUT2D eigenvalue weighted by molar-refractivity contribution is 0.103. The summed E-state index contributed by atoms with van der Waals surface area (Å²) in [6, 6.07) is 35.8. The van der Waals surface area contributed by atoms with Gasteiger partial charge in [-0.05, 0) is 48.9 Å². The monoisotopic (exact) mass is 554 g/mol. The van der Waals surface area contributed by atoms with Gasteiger partial charge in [-0.3, -0.25) is 9.59 Å². The van der Waals surface area contributed by atoms with Crippen LogP contribution in [-0.2, 0) is 0 Å². The van der Waals surface area contributed by atoms with E-state index in [-0.39, 0.29) is 23.7 Å². The van der Waals surface area contributed by atoms with E-state index in [1.807, 2.05) is 123 Å². The molecule has 42 heavy (non-hydrogen) atoms. The first-order chi connectivity index (χ1) is 20.5. The summed E-state index contributed by atoms with van der Waals surface area (Å²) in [7, 11) is 0. The Morgan fingerprint density at radius 1 is 0.548 bits per heavy atom. The molecule has 4 aromatic rings. The maximum Gasteiger partial charge on any atom is 0.188 e. The number of hydrogen-bond acceptors (Lipinski definition) is 4. The lowest BCUT2D eigenvalue weighted by Crippen LogP contribution is -2.48. The molecule has 212 valence electrons. The molecular formula is C38H38N2O2. The number of rotatable bonds is 10. The van der Waals surface area contributed by atoms with E-state index in [4.69, 9.17) is 0 Å². The molecule has 1 fully saturated rings. The third-order valence-electron chi connectivity index (χ3n) is 7.84. The highest BCUT2D eigenvalue weighted by atomic mass is 16.1. The van der Waals surface area contributed by atoms with Crippen LogP contribution in [0.25, 0.3) is 22.3 Å². The number of allylic oxidation sites excluding steroid dienone is 4. The van der Waals surface area contributed by atoms with Crippen LogP contribution < -0.4 is 10.6 Å². The Bertz CT molecular complexity index is 1470. The molecule has 0 saturated heterocycles. The van der Waals surface area contributed by atoms with Gasteiger partial charge >= 0.3 is 0 Å². The molecule has 0 heterocycles. The molecule has 5 rings (SSSR count). The molecule has 4 nitrogen and oxygen atoms in total. The first-order valence-corrected chi connectivity index (χ1v) is 14.8. The van der Waals surface area contributed by atoms with Crippen LogP contribution in [0.1, 0.15) is 60.2 Å². The predicted molar refractivity (Wildman–Crippen MR) is 172 cm³/mol. The Morgan fingerprint density at radius 2 is 0.905 bits per heavy atom. The molecule has 1 aliphatic rings. The van der Waals surface area contributed by atoms with Crippen LogP contribution in [0.4, 0.5) is 0 Å².